The predicted molar refractivity (Wildman–Crippen MR) is 115 cm³/mol. The second kappa shape index (κ2) is 8.32. The summed E-state index contributed by atoms with van der Waals surface area (Å²) in [6.07, 6.45) is 6.28. The molecule has 30 heavy (non-hydrogen) atoms. The van der Waals surface area contributed by atoms with E-state index in [1.54, 1.807) is 6.20 Å². The summed E-state index contributed by atoms with van der Waals surface area (Å²) in [6.45, 7) is 3.63. The minimum Gasteiger partial charge on any atom is -0.382 e. The number of amides is 1. The Bertz CT molecular complexity index is 1140. The molecule has 1 aromatic carbocycles. The van der Waals surface area contributed by atoms with Crippen molar-refractivity contribution in [2.24, 2.45) is 0 Å². The summed E-state index contributed by atoms with van der Waals surface area (Å²) in [6, 6.07) is 7.69. The highest BCUT2D eigenvalue weighted by Crippen LogP contribution is 2.26. The number of nitrogens with two attached hydrogens (primary N) is 1. The van der Waals surface area contributed by atoms with Crippen LogP contribution in [0.2, 0.25) is 0 Å². The second-order valence-corrected chi connectivity index (χ2v) is 7.25. The van der Waals surface area contributed by atoms with E-state index in [0.717, 1.165) is 43.5 Å². The molecule has 9 heteroatoms. The van der Waals surface area contributed by atoms with E-state index in [2.05, 4.69) is 30.2 Å². The van der Waals surface area contributed by atoms with E-state index >= 15 is 0 Å². The number of nitrogens with zero attached hydrogens (tertiary/aromatic N) is 4. The molecule has 3 aromatic rings. The summed E-state index contributed by atoms with van der Waals surface area (Å²) < 4.78 is 0. The first-order valence-electron chi connectivity index (χ1n) is 9.87. The van der Waals surface area contributed by atoms with Crippen LogP contribution < -0.4 is 21.6 Å². The molecule has 1 fully saturated rings. The molecule has 0 atom stereocenters. The van der Waals surface area contributed by atoms with E-state index in [1.807, 2.05) is 31.2 Å². The zero-order chi connectivity index (χ0) is 21.1. The number of aromatic amines is 1. The minimum absolute atomic E-state index is 0.00184. The maximum absolute atomic E-state index is 13.0. The van der Waals surface area contributed by atoms with Gasteiger partial charge in [-0.05, 0) is 31.7 Å². The van der Waals surface area contributed by atoms with Gasteiger partial charge in [-0.1, -0.05) is 24.3 Å². The van der Waals surface area contributed by atoms with Crippen molar-refractivity contribution in [3.8, 4) is 11.3 Å². The fourth-order valence-corrected chi connectivity index (χ4v) is 3.59. The zero-order valence-electron chi connectivity index (χ0n) is 16.7. The van der Waals surface area contributed by atoms with Gasteiger partial charge in [0.05, 0.1) is 23.8 Å². The van der Waals surface area contributed by atoms with Gasteiger partial charge in [-0.3, -0.25) is 9.78 Å². The van der Waals surface area contributed by atoms with Gasteiger partial charge in [0.15, 0.2) is 11.5 Å². The molecular weight excluding hydrogens is 382 g/mol. The van der Waals surface area contributed by atoms with Gasteiger partial charge in [0.25, 0.3) is 5.91 Å². The number of hydrogen-bond donors (Lipinski definition) is 3. The van der Waals surface area contributed by atoms with Crippen molar-refractivity contribution in [3.05, 3.63) is 58.4 Å². The van der Waals surface area contributed by atoms with Crippen LogP contribution in [0.1, 0.15) is 35.3 Å². The van der Waals surface area contributed by atoms with Crippen LogP contribution in [0.15, 0.2) is 41.5 Å². The Balaban J connectivity index is 1.66. The Hall–Kier alpha value is -3.75. The lowest BCUT2D eigenvalue weighted by Gasteiger charge is -2.29. The highest BCUT2D eigenvalue weighted by Gasteiger charge is 2.20. The Morgan fingerprint density at radius 2 is 1.90 bits per heavy atom. The zero-order valence-corrected chi connectivity index (χ0v) is 16.7. The number of aromatic nitrogens is 4. The van der Waals surface area contributed by atoms with Crippen molar-refractivity contribution in [1.29, 1.82) is 0 Å². The highest BCUT2D eigenvalue weighted by molar-refractivity contribution is 6.06. The van der Waals surface area contributed by atoms with Crippen molar-refractivity contribution >= 4 is 23.2 Å². The molecule has 0 saturated carbocycles. The molecule has 3 heterocycles. The number of aryl methyl sites for hydroxylation is 1. The number of nitrogens with one attached hydrogen (secondary N) is 2. The van der Waals surface area contributed by atoms with Gasteiger partial charge in [-0.15, -0.1) is 0 Å². The van der Waals surface area contributed by atoms with Crippen molar-refractivity contribution < 1.29 is 4.79 Å². The SMILES string of the molecule is Cc1ccccc1-c1cnc(N)c(C(=O)Nc2[nH]c(=O)ncc2N2CCCCC2)n1. The first-order chi connectivity index (χ1) is 14.5. The van der Waals surface area contributed by atoms with Crippen LogP contribution in [0, 0.1) is 6.92 Å². The fourth-order valence-electron chi connectivity index (χ4n) is 3.59. The molecule has 4 N–H and O–H groups in total. The quantitative estimate of drug-likeness (QED) is 0.607. The van der Waals surface area contributed by atoms with E-state index in [-0.39, 0.29) is 17.3 Å². The average molecular weight is 405 g/mol. The largest absolute Gasteiger partial charge is 0.382 e. The van der Waals surface area contributed by atoms with Crippen molar-refractivity contribution in [1.82, 2.24) is 19.9 Å². The lowest BCUT2D eigenvalue weighted by Crippen LogP contribution is -2.32. The number of hydrogen-bond acceptors (Lipinski definition) is 7. The summed E-state index contributed by atoms with van der Waals surface area (Å²) in [5.41, 5.74) is 8.49. The molecule has 1 saturated heterocycles. The number of anilines is 3. The van der Waals surface area contributed by atoms with E-state index in [0.29, 0.717) is 11.4 Å². The average Bonchev–Trinajstić information content (AvgIpc) is 2.75. The topological polar surface area (TPSA) is 130 Å². The molecule has 1 aliphatic heterocycles. The summed E-state index contributed by atoms with van der Waals surface area (Å²) in [7, 11) is 0. The molecule has 1 amide bonds. The van der Waals surface area contributed by atoms with Crippen molar-refractivity contribution in [2.45, 2.75) is 26.2 Å². The number of rotatable bonds is 4. The third-order valence-electron chi connectivity index (χ3n) is 5.16. The number of carbonyl (C=O) groups excluding carboxylic acids is 1. The van der Waals surface area contributed by atoms with Crippen LogP contribution in [-0.4, -0.2) is 38.9 Å². The summed E-state index contributed by atoms with van der Waals surface area (Å²) in [5.74, 6) is -0.249. The second-order valence-electron chi connectivity index (χ2n) is 7.25. The van der Waals surface area contributed by atoms with Crippen molar-refractivity contribution in [2.75, 3.05) is 29.0 Å². The molecule has 0 bridgehead atoms. The molecule has 0 spiro atoms. The minimum atomic E-state index is -0.546. The van der Waals surface area contributed by atoms with Gasteiger partial charge in [-0.2, -0.15) is 4.98 Å². The molecule has 4 rings (SSSR count). The van der Waals surface area contributed by atoms with Crippen LogP contribution in [0.25, 0.3) is 11.3 Å². The lowest BCUT2D eigenvalue weighted by atomic mass is 10.1. The van der Waals surface area contributed by atoms with Crippen LogP contribution in [0.3, 0.4) is 0 Å². The summed E-state index contributed by atoms with van der Waals surface area (Å²) >= 11 is 0. The van der Waals surface area contributed by atoms with E-state index in [1.165, 1.54) is 6.20 Å². The Morgan fingerprint density at radius 3 is 2.67 bits per heavy atom. The third-order valence-corrected chi connectivity index (χ3v) is 5.16. The van der Waals surface area contributed by atoms with E-state index < -0.39 is 11.6 Å². The number of piperidine rings is 1. The van der Waals surface area contributed by atoms with Crippen LogP contribution in [0.4, 0.5) is 17.3 Å². The van der Waals surface area contributed by atoms with Gasteiger partial charge in [0, 0.05) is 18.7 Å². The predicted octanol–water partition coefficient (Wildman–Crippen LogP) is 2.36. The maximum Gasteiger partial charge on any atom is 0.346 e. The molecule has 2 aromatic heterocycles. The highest BCUT2D eigenvalue weighted by atomic mass is 16.2. The fraction of sp³-hybridized carbons (Fsp3) is 0.286. The van der Waals surface area contributed by atoms with E-state index in [9.17, 15) is 9.59 Å². The first-order valence-corrected chi connectivity index (χ1v) is 9.87. The maximum atomic E-state index is 13.0. The van der Waals surface area contributed by atoms with Gasteiger partial charge >= 0.3 is 5.69 Å². The monoisotopic (exact) mass is 405 g/mol. The molecular formula is C21H23N7O2. The molecule has 0 unspecified atom stereocenters. The van der Waals surface area contributed by atoms with Crippen molar-refractivity contribution in [3.63, 3.8) is 0 Å². The smallest absolute Gasteiger partial charge is 0.346 e. The lowest BCUT2D eigenvalue weighted by molar-refractivity contribution is 0.102. The van der Waals surface area contributed by atoms with Crippen LogP contribution >= 0.6 is 0 Å². The number of benzene rings is 1. The van der Waals surface area contributed by atoms with Gasteiger partial charge in [-0.25, -0.2) is 14.8 Å². The Morgan fingerprint density at radius 1 is 1.13 bits per heavy atom. The van der Waals surface area contributed by atoms with E-state index in [4.69, 9.17) is 5.73 Å². The molecule has 9 nitrogen and oxygen atoms in total. The molecule has 1 aliphatic rings. The van der Waals surface area contributed by atoms with Gasteiger partial charge < -0.3 is 16.0 Å². The van der Waals surface area contributed by atoms with Crippen LogP contribution in [-0.2, 0) is 0 Å². The molecule has 0 radical (unpaired) electrons. The number of nitrogen functional groups attached to an aromatic ring is 1. The van der Waals surface area contributed by atoms with Gasteiger partial charge in [0.2, 0.25) is 0 Å². The number of H-pyrrole nitrogens is 1. The van der Waals surface area contributed by atoms with Gasteiger partial charge in [0.1, 0.15) is 5.82 Å². The van der Waals surface area contributed by atoms with Crippen LogP contribution in [0.5, 0.6) is 0 Å². The third kappa shape index (κ3) is 4.00. The Kier molecular flexibility index (Phi) is 5.42. The summed E-state index contributed by atoms with van der Waals surface area (Å²) in [4.78, 5) is 41.9. The summed E-state index contributed by atoms with van der Waals surface area (Å²) in [5, 5.41) is 2.74. The standard InChI is InChI=1S/C21H23N7O2/c1-13-7-3-4-8-14(13)15-11-23-18(22)17(25-15)20(29)26-19-16(12-24-21(30)27-19)28-9-5-2-6-10-28/h3-4,7-8,11-12H,2,5-6,9-10H2,1H3,(H2,22,23)(H2,24,26,27,29,30). The number of carbonyl (C=O) groups is 1. The molecule has 154 valence electrons. The Labute approximate surface area is 173 Å². The molecule has 0 aliphatic carbocycles. The first kappa shape index (κ1) is 19.6. The normalized spacial score (nSPS) is 13.8.